The van der Waals surface area contributed by atoms with Crippen LogP contribution < -0.4 is 5.32 Å². The fourth-order valence-corrected chi connectivity index (χ4v) is 2.93. The van der Waals surface area contributed by atoms with E-state index in [9.17, 15) is 14.4 Å². The lowest BCUT2D eigenvalue weighted by atomic mass is 10.1. The van der Waals surface area contributed by atoms with Crippen molar-refractivity contribution in [1.29, 1.82) is 0 Å². The van der Waals surface area contributed by atoms with E-state index in [0.717, 1.165) is 0 Å². The zero-order chi connectivity index (χ0) is 20.8. The van der Waals surface area contributed by atoms with Gasteiger partial charge in [0.1, 0.15) is 0 Å². The van der Waals surface area contributed by atoms with Crippen LogP contribution in [0.3, 0.4) is 0 Å². The zero-order valence-electron chi connectivity index (χ0n) is 16.6. The number of nitrogens with zero attached hydrogens (tertiary/aromatic N) is 2. The molecule has 1 aromatic heterocycles. The van der Waals surface area contributed by atoms with E-state index in [4.69, 9.17) is 9.15 Å². The lowest BCUT2D eigenvalue weighted by Crippen LogP contribution is -2.50. The van der Waals surface area contributed by atoms with E-state index in [1.54, 1.807) is 46.2 Å². The number of carbonyl (C=O) groups is 3. The minimum atomic E-state index is -0.381. The quantitative estimate of drug-likeness (QED) is 0.834. The highest BCUT2D eigenvalue weighted by atomic mass is 16.6. The van der Waals surface area contributed by atoms with Crippen LogP contribution in [-0.4, -0.2) is 60.5 Å². The van der Waals surface area contributed by atoms with Gasteiger partial charge in [0, 0.05) is 37.4 Å². The molecule has 3 amide bonds. The Morgan fingerprint density at radius 3 is 2.45 bits per heavy atom. The smallest absolute Gasteiger partial charge is 0.409 e. The average molecular weight is 399 g/mol. The molecule has 154 valence electrons. The van der Waals surface area contributed by atoms with Gasteiger partial charge >= 0.3 is 6.09 Å². The Labute approximate surface area is 169 Å². The molecule has 1 aliphatic heterocycles. The number of hydrogen-bond acceptors (Lipinski definition) is 5. The van der Waals surface area contributed by atoms with Crippen LogP contribution in [0.1, 0.15) is 34.8 Å². The van der Waals surface area contributed by atoms with E-state index < -0.39 is 0 Å². The van der Waals surface area contributed by atoms with E-state index >= 15 is 0 Å². The summed E-state index contributed by atoms with van der Waals surface area (Å²) in [7, 11) is 0. The first kappa shape index (κ1) is 20.4. The summed E-state index contributed by atoms with van der Waals surface area (Å²) in [5, 5.41) is 2.71. The lowest BCUT2D eigenvalue weighted by Gasteiger charge is -2.34. The van der Waals surface area contributed by atoms with Crippen molar-refractivity contribution >= 4 is 23.6 Å². The number of carbonyl (C=O) groups excluding carboxylic acids is 3. The molecular formula is C21H25N3O5. The minimum Gasteiger partial charge on any atom is -0.459 e. The van der Waals surface area contributed by atoms with Gasteiger partial charge in [-0.1, -0.05) is 19.9 Å². The van der Waals surface area contributed by atoms with Crippen molar-refractivity contribution in [2.75, 3.05) is 38.1 Å². The number of rotatable bonds is 5. The average Bonchev–Trinajstić information content (AvgIpc) is 3.27. The number of furan rings is 1. The molecule has 1 saturated heterocycles. The number of ether oxygens (including phenoxy) is 1. The van der Waals surface area contributed by atoms with E-state index in [-0.39, 0.29) is 29.6 Å². The highest BCUT2D eigenvalue weighted by Gasteiger charge is 2.26. The second kappa shape index (κ2) is 9.27. The Morgan fingerprint density at radius 1 is 1.07 bits per heavy atom. The molecule has 0 atom stereocenters. The zero-order valence-corrected chi connectivity index (χ0v) is 16.6. The maximum atomic E-state index is 12.8. The van der Waals surface area contributed by atoms with Crippen LogP contribution in [0.25, 0.3) is 0 Å². The predicted molar refractivity (Wildman–Crippen MR) is 107 cm³/mol. The third kappa shape index (κ3) is 5.37. The molecule has 1 fully saturated rings. The Bertz CT molecular complexity index is 855. The van der Waals surface area contributed by atoms with Crippen LogP contribution in [-0.2, 0) is 4.74 Å². The molecule has 29 heavy (non-hydrogen) atoms. The van der Waals surface area contributed by atoms with Gasteiger partial charge in [-0.3, -0.25) is 9.59 Å². The molecule has 8 heteroatoms. The van der Waals surface area contributed by atoms with Crippen LogP contribution in [0.15, 0.2) is 47.1 Å². The van der Waals surface area contributed by atoms with Gasteiger partial charge < -0.3 is 24.3 Å². The second-order valence-corrected chi connectivity index (χ2v) is 7.26. The maximum absolute atomic E-state index is 12.8. The predicted octanol–water partition coefficient (Wildman–Crippen LogP) is 3.08. The molecule has 0 saturated carbocycles. The summed E-state index contributed by atoms with van der Waals surface area (Å²) in [6.45, 7) is 6.06. The summed E-state index contributed by atoms with van der Waals surface area (Å²) < 4.78 is 10.3. The molecule has 1 aromatic carbocycles. The second-order valence-electron chi connectivity index (χ2n) is 7.26. The van der Waals surface area contributed by atoms with Crippen LogP contribution in [0.5, 0.6) is 0 Å². The molecule has 1 aliphatic rings. The monoisotopic (exact) mass is 399 g/mol. The fraction of sp³-hybridized carbons (Fsp3) is 0.381. The van der Waals surface area contributed by atoms with Gasteiger partial charge in [-0.25, -0.2) is 4.79 Å². The maximum Gasteiger partial charge on any atom is 0.409 e. The standard InChI is InChI=1S/C21H25N3O5/c1-15(2)14-29-21(27)24-10-8-23(9-11-24)20(26)16-5-3-6-17(13-16)22-19(25)18-7-4-12-28-18/h3-7,12-13,15H,8-11,14H2,1-2H3,(H,22,25). The SMILES string of the molecule is CC(C)COC(=O)N1CCN(C(=O)c2cccc(NC(=O)c3ccco3)c2)CC1. The number of hydrogen-bond donors (Lipinski definition) is 1. The molecule has 0 radical (unpaired) electrons. The molecule has 0 spiro atoms. The van der Waals surface area contributed by atoms with Gasteiger partial charge in [0.05, 0.1) is 12.9 Å². The number of nitrogens with one attached hydrogen (secondary N) is 1. The minimum absolute atomic E-state index is 0.144. The topological polar surface area (TPSA) is 92.1 Å². The molecule has 8 nitrogen and oxygen atoms in total. The van der Waals surface area contributed by atoms with Crippen molar-refractivity contribution in [2.24, 2.45) is 5.92 Å². The summed E-state index contributed by atoms with van der Waals surface area (Å²) in [6, 6.07) is 9.95. The highest BCUT2D eigenvalue weighted by Crippen LogP contribution is 2.16. The first-order valence-electron chi connectivity index (χ1n) is 9.60. The lowest BCUT2D eigenvalue weighted by molar-refractivity contribution is 0.0535. The molecule has 2 aromatic rings. The van der Waals surface area contributed by atoms with Crippen molar-refractivity contribution in [2.45, 2.75) is 13.8 Å². The molecule has 1 N–H and O–H groups in total. The number of benzene rings is 1. The van der Waals surface area contributed by atoms with Crippen molar-refractivity contribution in [1.82, 2.24) is 9.80 Å². The summed E-state index contributed by atoms with van der Waals surface area (Å²) >= 11 is 0. The van der Waals surface area contributed by atoms with Crippen LogP contribution in [0, 0.1) is 5.92 Å². The summed E-state index contributed by atoms with van der Waals surface area (Å²) in [4.78, 5) is 40.3. The van der Waals surface area contributed by atoms with Gasteiger partial charge in [-0.05, 0) is 36.2 Å². The van der Waals surface area contributed by atoms with E-state index in [2.05, 4.69) is 5.32 Å². The molecular weight excluding hydrogens is 374 g/mol. The van der Waals surface area contributed by atoms with Gasteiger partial charge in [0.2, 0.25) is 0 Å². The summed E-state index contributed by atoms with van der Waals surface area (Å²) in [5.74, 6) is -0.0491. The van der Waals surface area contributed by atoms with Crippen LogP contribution >= 0.6 is 0 Å². The summed E-state index contributed by atoms with van der Waals surface area (Å²) in [6.07, 6.45) is 1.08. The number of anilines is 1. The van der Waals surface area contributed by atoms with Crippen LogP contribution in [0.4, 0.5) is 10.5 Å². The van der Waals surface area contributed by atoms with Crippen molar-refractivity contribution in [3.63, 3.8) is 0 Å². The largest absolute Gasteiger partial charge is 0.459 e. The van der Waals surface area contributed by atoms with Gasteiger partial charge in [0.25, 0.3) is 11.8 Å². The molecule has 0 unspecified atom stereocenters. The third-order valence-corrected chi connectivity index (χ3v) is 4.48. The Balaban J connectivity index is 1.56. The van der Waals surface area contributed by atoms with Crippen molar-refractivity contribution in [3.8, 4) is 0 Å². The van der Waals surface area contributed by atoms with Crippen LogP contribution in [0.2, 0.25) is 0 Å². The first-order chi connectivity index (χ1) is 13.9. The summed E-state index contributed by atoms with van der Waals surface area (Å²) in [5.41, 5.74) is 0.978. The van der Waals surface area contributed by atoms with E-state index in [0.29, 0.717) is 44.0 Å². The Hall–Kier alpha value is -3.29. The highest BCUT2D eigenvalue weighted by molar-refractivity contribution is 6.03. The molecule has 2 heterocycles. The van der Waals surface area contributed by atoms with Gasteiger partial charge in [-0.15, -0.1) is 0 Å². The Morgan fingerprint density at radius 2 is 1.79 bits per heavy atom. The Kier molecular flexibility index (Phi) is 6.54. The van der Waals surface area contributed by atoms with E-state index in [1.807, 2.05) is 13.8 Å². The number of piperazine rings is 1. The normalized spacial score (nSPS) is 14.0. The molecule has 3 rings (SSSR count). The fourth-order valence-electron chi connectivity index (χ4n) is 2.93. The molecule has 0 bridgehead atoms. The third-order valence-electron chi connectivity index (χ3n) is 4.48. The van der Waals surface area contributed by atoms with Crippen molar-refractivity contribution in [3.05, 3.63) is 54.0 Å². The number of amides is 3. The first-order valence-corrected chi connectivity index (χ1v) is 9.60. The van der Waals surface area contributed by atoms with E-state index in [1.165, 1.54) is 6.26 Å². The van der Waals surface area contributed by atoms with Gasteiger partial charge in [-0.2, -0.15) is 0 Å². The van der Waals surface area contributed by atoms with Crippen molar-refractivity contribution < 1.29 is 23.5 Å². The van der Waals surface area contributed by atoms with Gasteiger partial charge in [0.15, 0.2) is 5.76 Å². The molecule has 0 aliphatic carbocycles.